The summed E-state index contributed by atoms with van der Waals surface area (Å²) in [6, 6.07) is 5.59. The van der Waals surface area contributed by atoms with E-state index in [1.165, 1.54) is 0 Å². The van der Waals surface area contributed by atoms with Gasteiger partial charge in [0.05, 0.1) is 13.2 Å². The molecule has 0 aromatic heterocycles. The average Bonchev–Trinajstić information content (AvgIpc) is 2.60. The molecule has 27 heavy (non-hydrogen) atoms. The molecule has 0 saturated carbocycles. The predicted octanol–water partition coefficient (Wildman–Crippen LogP) is 2.89. The molecule has 0 spiro atoms. The molecule has 1 amide bonds. The van der Waals surface area contributed by atoms with E-state index in [0.29, 0.717) is 10.8 Å². The van der Waals surface area contributed by atoms with Gasteiger partial charge >= 0.3 is 11.9 Å². The third kappa shape index (κ3) is 7.86. The molecule has 0 aliphatic heterocycles. The van der Waals surface area contributed by atoms with Gasteiger partial charge in [-0.1, -0.05) is 11.6 Å². The Kier molecular flexibility index (Phi) is 9.08. The van der Waals surface area contributed by atoms with Crippen LogP contribution in [0.2, 0.25) is 5.02 Å². The molecule has 0 bridgehead atoms. The number of carbonyl (C=O) groups excluding carboxylic acids is 3. The van der Waals surface area contributed by atoms with Gasteiger partial charge in [-0.3, -0.25) is 9.59 Å². The highest BCUT2D eigenvalue weighted by Gasteiger charge is 2.34. The van der Waals surface area contributed by atoms with E-state index in [2.05, 4.69) is 5.32 Å². The molecule has 0 unspecified atom stereocenters. The minimum atomic E-state index is -1.26. The van der Waals surface area contributed by atoms with Gasteiger partial charge < -0.3 is 19.5 Å². The predicted molar refractivity (Wildman–Crippen MR) is 101 cm³/mol. The number of esters is 2. The molecule has 7 nitrogen and oxygen atoms in total. The summed E-state index contributed by atoms with van der Waals surface area (Å²) in [7, 11) is 0. The number of amides is 1. The van der Waals surface area contributed by atoms with Crippen LogP contribution in [0.4, 0.5) is 0 Å². The number of ether oxygens (including phenoxy) is 3. The van der Waals surface area contributed by atoms with Crippen molar-refractivity contribution in [2.75, 3.05) is 13.2 Å². The second kappa shape index (κ2) is 10.8. The van der Waals surface area contributed by atoms with Crippen molar-refractivity contribution in [1.82, 2.24) is 5.32 Å². The van der Waals surface area contributed by atoms with Crippen molar-refractivity contribution < 1.29 is 28.6 Å². The van der Waals surface area contributed by atoms with Gasteiger partial charge in [0.1, 0.15) is 11.8 Å². The zero-order valence-corrected chi connectivity index (χ0v) is 16.8. The van der Waals surface area contributed by atoms with Crippen molar-refractivity contribution in [2.24, 2.45) is 0 Å². The highest BCUT2D eigenvalue weighted by molar-refractivity contribution is 6.30. The molecule has 0 saturated heterocycles. The molecule has 0 heterocycles. The Labute approximate surface area is 164 Å². The van der Waals surface area contributed by atoms with Crippen molar-refractivity contribution in [3.63, 3.8) is 0 Å². The molecule has 1 N–H and O–H groups in total. The highest BCUT2D eigenvalue weighted by Crippen LogP contribution is 2.21. The number of rotatable bonds is 10. The summed E-state index contributed by atoms with van der Waals surface area (Å²) >= 11 is 5.84. The first-order chi connectivity index (χ1) is 12.7. The number of halogens is 1. The lowest BCUT2D eigenvalue weighted by molar-refractivity contribution is -0.150. The maximum absolute atomic E-state index is 12.6. The Bertz CT molecular complexity index is 644. The summed E-state index contributed by atoms with van der Waals surface area (Å²) in [6.45, 7) is 6.91. The Morgan fingerprint density at radius 3 is 2.22 bits per heavy atom. The van der Waals surface area contributed by atoms with Crippen LogP contribution in [0, 0.1) is 0 Å². The molecular formula is C19H26ClNO6. The van der Waals surface area contributed by atoms with Crippen LogP contribution in [0.3, 0.4) is 0 Å². The van der Waals surface area contributed by atoms with Crippen LogP contribution < -0.4 is 10.1 Å². The molecule has 1 aromatic carbocycles. The first-order valence-electron chi connectivity index (χ1n) is 8.77. The van der Waals surface area contributed by atoms with E-state index in [4.69, 9.17) is 25.8 Å². The van der Waals surface area contributed by atoms with Crippen LogP contribution in [0.5, 0.6) is 5.75 Å². The molecule has 0 aliphatic carbocycles. The molecule has 0 aliphatic rings. The number of hydrogen-bond acceptors (Lipinski definition) is 6. The van der Waals surface area contributed by atoms with Crippen molar-refractivity contribution >= 4 is 29.4 Å². The summed E-state index contributed by atoms with van der Waals surface area (Å²) in [4.78, 5) is 36.3. The molecule has 0 fully saturated rings. The van der Waals surface area contributed by atoms with Gasteiger partial charge in [0.2, 0.25) is 0 Å². The highest BCUT2D eigenvalue weighted by atomic mass is 35.5. The van der Waals surface area contributed by atoms with E-state index < -0.39 is 29.5 Å². The van der Waals surface area contributed by atoms with Crippen LogP contribution >= 0.6 is 11.6 Å². The molecule has 1 rings (SSSR count). The molecule has 1 aromatic rings. The van der Waals surface area contributed by atoms with E-state index >= 15 is 0 Å². The van der Waals surface area contributed by atoms with E-state index in [1.54, 1.807) is 52.0 Å². The quantitative estimate of drug-likeness (QED) is 0.608. The number of benzene rings is 1. The summed E-state index contributed by atoms with van der Waals surface area (Å²) in [5, 5.41) is 3.15. The lowest BCUT2D eigenvalue weighted by atomic mass is 10.1. The standard InChI is InChI=1S/C19H26ClNO6/c1-5-25-16(22)12-11-15(17(23)26-6-2)21-18(24)19(3,4)27-14-9-7-13(20)8-10-14/h7-10,15H,5-6,11-12H2,1-4H3,(H,21,24)/t15-/m0/s1. The number of nitrogens with one attached hydrogen (secondary N) is 1. The topological polar surface area (TPSA) is 90.9 Å². The van der Waals surface area contributed by atoms with Crippen molar-refractivity contribution in [3.05, 3.63) is 29.3 Å². The number of hydrogen-bond donors (Lipinski definition) is 1. The lowest BCUT2D eigenvalue weighted by Crippen LogP contribution is -2.52. The summed E-state index contributed by atoms with van der Waals surface area (Å²) in [5.74, 6) is -1.12. The van der Waals surface area contributed by atoms with Gasteiger partial charge in [-0.25, -0.2) is 4.79 Å². The fourth-order valence-corrected chi connectivity index (χ4v) is 2.29. The van der Waals surface area contributed by atoms with Crippen LogP contribution in [-0.2, 0) is 23.9 Å². The van der Waals surface area contributed by atoms with Crippen molar-refractivity contribution in [1.29, 1.82) is 0 Å². The average molecular weight is 400 g/mol. The summed E-state index contributed by atoms with van der Waals surface area (Å²) in [6.07, 6.45) is 0.0521. The summed E-state index contributed by atoms with van der Waals surface area (Å²) < 4.78 is 15.5. The second-order valence-corrected chi connectivity index (χ2v) is 6.62. The Hall–Kier alpha value is -2.28. The fourth-order valence-electron chi connectivity index (χ4n) is 2.16. The first kappa shape index (κ1) is 22.8. The van der Waals surface area contributed by atoms with E-state index in [0.717, 1.165) is 0 Å². The fraction of sp³-hybridized carbons (Fsp3) is 0.526. The van der Waals surface area contributed by atoms with Gasteiger partial charge in [-0.15, -0.1) is 0 Å². The molecule has 1 atom stereocenters. The number of carbonyl (C=O) groups is 3. The normalized spacial score (nSPS) is 12.0. The van der Waals surface area contributed by atoms with E-state index in [9.17, 15) is 14.4 Å². The SMILES string of the molecule is CCOC(=O)CC[C@H](NC(=O)C(C)(C)Oc1ccc(Cl)cc1)C(=O)OCC. The monoisotopic (exact) mass is 399 g/mol. The van der Waals surface area contributed by atoms with Crippen LogP contribution in [-0.4, -0.2) is 42.7 Å². The third-order valence-electron chi connectivity index (χ3n) is 3.55. The minimum absolute atomic E-state index is 0.0178. The smallest absolute Gasteiger partial charge is 0.328 e. The molecule has 150 valence electrons. The molecule has 0 radical (unpaired) electrons. The minimum Gasteiger partial charge on any atom is -0.478 e. The molecule has 8 heteroatoms. The van der Waals surface area contributed by atoms with Gasteiger partial charge in [0, 0.05) is 11.4 Å². The lowest BCUT2D eigenvalue weighted by Gasteiger charge is -2.27. The van der Waals surface area contributed by atoms with Crippen LogP contribution in [0.25, 0.3) is 0 Å². The van der Waals surface area contributed by atoms with Crippen molar-refractivity contribution in [3.8, 4) is 5.75 Å². The Morgan fingerprint density at radius 2 is 1.67 bits per heavy atom. The molecular weight excluding hydrogens is 374 g/mol. The van der Waals surface area contributed by atoms with E-state index in [-0.39, 0.29) is 26.1 Å². The maximum atomic E-state index is 12.6. The van der Waals surface area contributed by atoms with Gasteiger partial charge in [-0.2, -0.15) is 0 Å². The zero-order valence-electron chi connectivity index (χ0n) is 16.0. The van der Waals surface area contributed by atoms with E-state index in [1.807, 2.05) is 0 Å². The van der Waals surface area contributed by atoms with Crippen molar-refractivity contribution in [2.45, 2.75) is 52.2 Å². The Balaban J connectivity index is 2.78. The van der Waals surface area contributed by atoms with Gasteiger partial charge in [0.15, 0.2) is 5.60 Å². The van der Waals surface area contributed by atoms with Crippen LogP contribution in [0.1, 0.15) is 40.5 Å². The second-order valence-electron chi connectivity index (χ2n) is 6.19. The van der Waals surface area contributed by atoms with Gasteiger partial charge in [0.25, 0.3) is 5.91 Å². The first-order valence-corrected chi connectivity index (χ1v) is 9.15. The van der Waals surface area contributed by atoms with Gasteiger partial charge in [-0.05, 0) is 58.4 Å². The van der Waals surface area contributed by atoms with Crippen LogP contribution in [0.15, 0.2) is 24.3 Å². The zero-order chi connectivity index (χ0) is 20.4. The Morgan fingerprint density at radius 1 is 1.07 bits per heavy atom. The summed E-state index contributed by atoms with van der Waals surface area (Å²) in [5.41, 5.74) is -1.26. The maximum Gasteiger partial charge on any atom is 0.328 e. The third-order valence-corrected chi connectivity index (χ3v) is 3.80. The largest absolute Gasteiger partial charge is 0.478 e.